The highest BCUT2D eigenvalue weighted by Crippen LogP contribution is 2.15. The van der Waals surface area contributed by atoms with Crippen LogP contribution >= 0.6 is 11.6 Å². The molecule has 3 rings (SSSR count). The fourth-order valence-corrected chi connectivity index (χ4v) is 2.20. The molecule has 0 spiro atoms. The number of aromatic nitrogens is 3. The van der Waals surface area contributed by atoms with E-state index >= 15 is 0 Å². The zero-order valence-electron chi connectivity index (χ0n) is 10.6. The number of hydrogen-bond donors (Lipinski definition) is 1. The molecular weight excluding hydrogens is 278 g/mol. The highest BCUT2D eigenvalue weighted by atomic mass is 35.5. The van der Waals surface area contributed by atoms with Crippen molar-refractivity contribution in [3.8, 4) is 5.69 Å². The van der Waals surface area contributed by atoms with Crippen molar-refractivity contribution in [3.05, 3.63) is 68.1 Å². The first-order chi connectivity index (χ1) is 9.58. The van der Waals surface area contributed by atoms with Crippen molar-refractivity contribution in [1.82, 2.24) is 14.5 Å². The third kappa shape index (κ3) is 1.92. The maximum absolute atomic E-state index is 12.2. The second-order valence-electron chi connectivity index (χ2n) is 4.39. The number of hydrogen-bond acceptors (Lipinski definition) is 3. The van der Waals surface area contributed by atoms with Crippen LogP contribution in [-0.2, 0) is 0 Å². The summed E-state index contributed by atoms with van der Waals surface area (Å²) in [6, 6.07) is 8.85. The molecule has 0 aliphatic rings. The van der Waals surface area contributed by atoms with E-state index in [1.165, 1.54) is 0 Å². The van der Waals surface area contributed by atoms with Gasteiger partial charge in [-0.3, -0.25) is 14.8 Å². The standard InChI is InChI=1S/C14H10ClN3O2/c1-8-12(15)17-14(20)18(13(8)19)10-4-5-11-9(7-10)3-2-6-16-11/h2-7H,1H3,(H,17,20). The van der Waals surface area contributed by atoms with Crippen LogP contribution in [0.25, 0.3) is 16.6 Å². The molecule has 0 aliphatic carbocycles. The summed E-state index contributed by atoms with van der Waals surface area (Å²) >= 11 is 5.79. The molecule has 0 amide bonds. The fraction of sp³-hybridized carbons (Fsp3) is 0.0714. The Bertz CT molecular complexity index is 928. The fourth-order valence-electron chi connectivity index (χ4n) is 2.03. The van der Waals surface area contributed by atoms with Crippen LogP contribution < -0.4 is 11.2 Å². The summed E-state index contributed by atoms with van der Waals surface area (Å²) in [5, 5.41) is 0.919. The maximum Gasteiger partial charge on any atom is 0.334 e. The molecule has 1 aromatic carbocycles. The molecule has 0 radical (unpaired) electrons. The molecule has 100 valence electrons. The van der Waals surface area contributed by atoms with Gasteiger partial charge in [0.1, 0.15) is 5.15 Å². The average molecular weight is 288 g/mol. The number of nitrogens with zero attached hydrogens (tertiary/aromatic N) is 2. The lowest BCUT2D eigenvalue weighted by Crippen LogP contribution is -2.35. The first-order valence-corrected chi connectivity index (χ1v) is 6.32. The van der Waals surface area contributed by atoms with Crippen molar-refractivity contribution in [1.29, 1.82) is 0 Å². The SMILES string of the molecule is Cc1c(Cl)[nH]c(=O)n(-c2ccc3ncccc3c2)c1=O. The molecule has 0 fully saturated rings. The molecule has 5 nitrogen and oxygen atoms in total. The molecule has 1 N–H and O–H groups in total. The number of halogens is 1. The van der Waals surface area contributed by atoms with Gasteiger partial charge in [-0.05, 0) is 31.2 Å². The van der Waals surface area contributed by atoms with Crippen LogP contribution in [0, 0.1) is 6.92 Å². The first-order valence-electron chi connectivity index (χ1n) is 5.94. The van der Waals surface area contributed by atoms with Gasteiger partial charge in [-0.1, -0.05) is 17.7 Å². The van der Waals surface area contributed by atoms with Gasteiger partial charge in [0.05, 0.1) is 16.8 Å². The van der Waals surface area contributed by atoms with Crippen LogP contribution in [0.4, 0.5) is 0 Å². The van der Waals surface area contributed by atoms with Gasteiger partial charge < -0.3 is 0 Å². The van der Waals surface area contributed by atoms with E-state index in [4.69, 9.17) is 11.6 Å². The zero-order chi connectivity index (χ0) is 14.3. The summed E-state index contributed by atoms with van der Waals surface area (Å²) in [4.78, 5) is 30.8. The van der Waals surface area contributed by atoms with Crippen LogP contribution in [0.1, 0.15) is 5.56 Å². The van der Waals surface area contributed by atoms with Crippen LogP contribution in [0.3, 0.4) is 0 Å². The first kappa shape index (κ1) is 12.6. The Balaban J connectivity index is 2.34. The summed E-state index contributed by atoms with van der Waals surface area (Å²) in [6.45, 7) is 1.57. The highest BCUT2D eigenvalue weighted by Gasteiger charge is 2.11. The largest absolute Gasteiger partial charge is 0.334 e. The molecule has 0 saturated heterocycles. The molecule has 0 aliphatic heterocycles. The Hall–Kier alpha value is -2.40. The van der Waals surface area contributed by atoms with Gasteiger partial charge in [-0.2, -0.15) is 0 Å². The quantitative estimate of drug-likeness (QED) is 0.696. The lowest BCUT2D eigenvalue weighted by Gasteiger charge is -2.07. The number of nitrogens with one attached hydrogen (secondary N) is 1. The van der Waals surface area contributed by atoms with E-state index in [0.29, 0.717) is 11.3 Å². The summed E-state index contributed by atoms with van der Waals surface area (Å²) in [5.41, 5.74) is 0.594. The predicted octanol–water partition coefficient (Wildman–Crippen LogP) is 2.04. The lowest BCUT2D eigenvalue weighted by atomic mass is 10.2. The summed E-state index contributed by atoms with van der Waals surface area (Å²) in [5.74, 6) is 0. The van der Waals surface area contributed by atoms with Crippen molar-refractivity contribution < 1.29 is 0 Å². The zero-order valence-corrected chi connectivity index (χ0v) is 11.3. The minimum absolute atomic E-state index is 0.0682. The molecule has 20 heavy (non-hydrogen) atoms. The molecular formula is C14H10ClN3O2. The number of aromatic amines is 1. The van der Waals surface area contributed by atoms with E-state index in [0.717, 1.165) is 15.5 Å². The monoisotopic (exact) mass is 287 g/mol. The van der Waals surface area contributed by atoms with Crippen molar-refractivity contribution in [2.45, 2.75) is 6.92 Å². The number of fused-ring (bicyclic) bond motifs is 1. The third-order valence-corrected chi connectivity index (χ3v) is 3.50. The minimum atomic E-state index is -0.561. The highest BCUT2D eigenvalue weighted by molar-refractivity contribution is 6.30. The van der Waals surface area contributed by atoms with Crippen LogP contribution in [0.5, 0.6) is 0 Å². The van der Waals surface area contributed by atoms with Crippen molar-refractivity contribution in [2.24, 2.45) is 0 Å². The number of H-pyrrole nitrogens is 1. The van der Waals surface area contributed by atoms with Crippen LogP contribution in [0.15, 0.2) is 46.1 Å². The van der Waals surface area contributed by atoms with E-state index in [1.807, 2.05) is 6.07 Å². The summed E-state index contributed by atoms with van der Waals surface area (Å²) in [7, 11) is 0. The molecule has 3 aromatic rings. The Labute approximate surface area is 118 Å². The van der Waals surface area contributed by atoms with E-state index in [1.54, 1.807) is 37.4 Å². The number of pyridine rings is 1. The number of rotatable bonds is 1. The Morgan fingerprint density at radius 1 is 1.25 bits per heavy atom. The van der Waals surface area contributed by atoms with E-state index in [-0.39, 0.29) is 5.15 Å². The molecule has 0 bridgehead atoms. The van der Waals surface area contributed by atoms with E-state index < -0.39 is 11.2 Å². The van der Waals surface area contributed by atoms with Gasteiger partial charge in [-0.25, -0.2) is 9.36 Å². The van der Waals surface area contributed by atoms with Gasteiger partial charge in [0.25, 0.3) is 5.56 Å². The van der Waals surface area contributed by atoms with E-state index in [2.05, 4.69) is 9.97 Å². The van der Waals surface area contributed by atoms with Gasteiger partial charge in [0, 0.05) is 11.6 Å². The van der Waals surface area contributed by atoms with Gasteiger partial charge in [0.2, 0.25) is 0 Å². The molecule has 2 heterocycles. The van der Waals surface area contributed by atoms with Gasteiger partial charge in [-0.15, -0.1) is 0 Å². The van der Waals surface area contributed by atoms with Gasteiger partial charge >= 0.3 is 5.69 Å². The molecule has 2 aromatic heterocycles. The average Bonchev–Trinajstić information content (AvgIpc) is 2.45. The molecule has 6 heteroatoms. The summed E-state index contributed by atoms with van der Waals surface area (Å²) in [6.07, 6.45) is 1.69. The second-order valence-corrected chi connectivity index (χ2v) is 4.77. The molecule has 0 saturated carbocycles. The van der Waals surface area contributed by atoms with Crippen LogP contribution in [0.2, 0.25) is 5.15 Å². The number of benzene rings is 1. The van der Waals surface area contributed by atoms with Crippen molar-refractivity contribution in [3.63, 3.8) is 0 Å². The topological polar surface area (TPSA) is 67.8 Å². The minimum Gasteiger partial charge on any atom is -0.297 e. The molecule has 0 unspecified atom stereocenters. The lowest BCUT2D eigenvalue weighted by molar-refractivity contribution is 0.861. The Morgan fingerprint density at radius 2 is 2.05 bits per heavy atom. The molecule has 0 atom stereocenters. The maximum atomic E-state index is 12.2. The van der Waals surface area contributed by atoms with Crippen molar-refractivity contribution in [2.75, 3.05) is 0 Å². The third-order valence-electron chi connectivity index (χ3n) is 3.12. The normalized spacial score (nSPS) is 10.9. The van der Waals surface area contributed by atoms with Crippen LogP contribution in [-0.4, -0.2) is 14.5 Å². The van der Waals surface area contributed by atoms with Crippen molar-refractivity contribution >= 4 is 22.5 Å². The summed E-state index contributed by atoms with van der Waals surface area (Å²) < 4.78 is 1.06. The Morgan fingerprint density at radius 3 is 2.85 bits per heavy atom. The van der Waals surface area contributed by atoms with E-state index in [9.17, 15) is 9.59 Å². The van der Waals surface area contributed by atoms with Gasteiger partial charge in [0.15, 0.2) is 0 Å². The Kier molecular flexibility index (Phi) is 2.91. The predicted molar refractivity (Wildman–Crippen MR) is 77.7 cm³/mol. The smallest absolute Gasteiger partial charge is 0.297 e. The second kappa shape index (κ2) is 4.61.